The molecule has 0 amide bonds. The van der Waals surface area contributed by atoms with Crippen LogP contribution in [0, 0.1) is 0 Å². The highest BCUT2D eigenvalue weighted by atomic mass is 31.3. The van der Waals surface area contributed by atoms with E-state index in [1.807, 2.05) is 72.8 Å². The second-order valence-electron chi connectivity index (χ2n) is 7.75. The van der Waals surface area contributed by atoms with E-state index in [0.29, 0.717) is 23.0 Å². The van der Waals surface area contributed by atoms with Crippen LogP contribution in [0.4, 0.5) is 0 Å². The molecule has 1 heterocycles. The average Bonchev–Trinajstić information content (AvgIpc) is 2.91. The summed E-state index contributed by atoms with van der Waals surface area (Å²) >= 11 is 0. The fourth-order valence-corrected chi connectivity index (χ4v) is 11.0. The number of benzene rings is 4. The van der Waals surface area contributed by atoms with Crippen LogP contribution in [0.3, 0.4) is 0 Å². The molecule has 37 heavy (non-hydrogen) atoms. The molecule has 5 rings (SSSR count). The summed E-state index contributed by atoms with van der Waals surface area (Å²) < 4.78 is 20.1. The normalized spacial score (nSPS) is 21.4. The molecule has 0 bridgehead atoms. The number of para-hydroxylation sites is 4. The zero-order valence-electron chi connectivity index (χ0n) is 19.6. The van der Waals surface area contributed by atoms with Crippen molar-refractivity contribution in [1.29, 1.82) is 0 Å². The van der Waals surface area contributed by atoms with Crippen LogP contribution in [-0.4, -0.2) is 9.21 Å². The van der Waals surface area contributed by atoms with E-state index in [4.69, 9.17) is 35.2 Å². The molecule has 0 aromatic heterocycles. The number of hydrogen-bond donors (Lipinski definition) is 3. The van der Waals surface area contributed by atoms with E-state index in [2.05, 4.69) is 4.52 Å². The predicted octanol–water partition coefficient (Wildman–Crippen LogP) is 6.48. The molecule has 1 aliphatic heterocycles. The molecule has 0 aliphatic carbocycles. The molecule has 0 radical (unpaired) electrons. The SMILES string of the molecule is NP1(N)=NP(Oc2ccccc2)N(Oc2ccccc2)[P+](N)(Oc2ccccc2)N1Oc1ccccc1. The molecule has 2 atom stereocenters. The van der Waals surface area contributed by atoms with E-state index >= 15 is 0 Å². The standard InChI is InChI=1S/C24H26N6O4P3/c25-36(26)28-35(33-23-17-9-3-10-18-23)29(31-21-13-5-1-6-14-21)37(27,34-24-19-11-4-12-20-24)30(36)32-22-15-7-2-8-16-22/h1-20H,25-27H2/q+1. The maximum atomic E-state index is 7.13. The quantitative estimate of drug-likeness (QED) is 0.209. The summed E-state index contributed by atoms with van der Waals surface area (Å²) in [5, 5.41) is 0. The zero-order chi connectivity index (χ0) is 25.7. The number of nitrogens with two attached hydrogens (primary N) is 3. The lowest BCUT2D eigenvalue weighted by molar-refractivity contribution is 0.0563. The summed E-state index contributed by atoms with van der Waals surface area (Å²) in [6, 6.07) is 36.4. The molecule has 4 aromatic rings. The van der Waals surface area contributed by atoms with E-state index in [9.17, 15) is 0 Å². The molecule has 0 saturated carbocycles. The Morgan fingerprint density at radius 2 is 1.05 bits per heavy atom. The Bertz CT molecular complexity index is 1350. The Hall–Kier alpha value is -3.03. The van der Waals surface area contributed by atoms with Gasteiger partial charge in [0, 0.05) is 0 Å². The van der Waals surface area contributed by atoms with E-state index in [-0.39, 0.29) is 0 Å². The van der Waals surface area contributed by atoms with Crippen molar-refractivity contribution in [3.8, 4) is 23.0 Å². The first-order chi connectivity index (χ1) is 17.9. The fourth-order valence-electron chi connectivity index (χ4n) is 3.28. The Morgan fingerprint density at radius 1 is 0.622 bits per heavy atom. The Labute approximate surface area is 217 Å². The summed E-state index contributed by atoms with van der Waals surface area (Å²) in [5.41, 5.74) is 20.4. The highest BCUT2D eigenvalue weighted by Crippen LogP contribution is 2.79. The highest BCUT2D eigenvalue weighted by Gasteiger charge is 2.69. The molecular weight excluding hydrogens is 529 g/mol. The maximum Gasteiger partial charge on any atom is 0.496 e. The summed E-state index contributed by atoms with van der Waals surface area (Å²) in [6.07, 6.45) is 0. The second-order valence-corrected chi connectivity index (χ2v) is 14.0. The molecular formula is C24H26N6O4P3+. The lowest BCUT2D eigenvalue weighted by atomic mass is 10.3. The Morgan fingerprint density at radius 3 is 1.57 bits per heavy atom. The maximum absolute atomic E-state index is 7.13. The van der Waals surface area contributed by atoms with Crippen molar-refractivity contribution in [2.45, 2.75) is 0 Å². The fraction of sp³-hybridized carbons (Fsp3) is 0. The van der Waals surface area contributed by atoms with Gasteiger partial charge in [0.1, 0.15) is 15.0 Å². The smallest absolute Gasteiger partial charge is 0.435 e. The van der Waals surface area contributed by atoms with Crippen LogP contribution in [0.15, 0.2) is 126 Å². The van der Waals surface area contributed by atoms with E-state index < -0.39 is 23.9 Å². The lowest BCUT2D eigenvalue weighted by Gasteiger charge is -2.41. The van der Waals surface area contributed by atoms with Crippen molar-refractivity contribution in [2.24, 2.45) is 21.0 Å². The third kappa shape index (κ3) is 5.94. The van der Waals surface area contributed by atoms with Gasteiger partial charge in [0.15, 0.2) is 17.2 Å². The van der Waals surface area contributed by atoms with Gasteiger partial charge < -0.3 is 14.2 Å². The van der Waals surface area contributed by atoms with E-state index in [1.165, 1.54) is 9.21 Å². The minimum absolute atomic E-state index is 0.458. The van der Waals surface area contributed by atoms with Crippen molar-refractivity contribution in [3.05, 3.63) is 121 Å². The summed E-state index contributed by atoms with van der Waals surface area (Å²) in [5.74, 6) is 1.97. The van der Waals surface area contributed by atoms with Gasteiger partial charge in [0.05, 0.1) is 0 Å². The molecule has 10 nitrogen and oxygen atoms in total. The van der Waals surface area contributed by atoms with Gasteiger partial charge in [-0.15, -0.1) is 5.50 Å². The molecule has 0 fully saturated rings. The number of nitrogens with zero attached hydrogens (tertiary/aromatic N) is 3. The topological polar surface area (TPSA) is 134 Å². The molecule has 1 aliphatic rings. The van der Waals surface area contributed by atoms with Gasteiger partial charge in [-0.2, -0.15) is 4.52 Å². The van der Waals surface area contributed by atoms with Crippen LogP contribution in [0.5, 0.6) is 23.0 Å². The van der Waals surface area contributed by atoms with Gasteiger partial charge in [-0.05, 0) is 48.5 Å². The van der Waals surface area contributed by atoms with E-state index in [1.54, 1.807) is 48.5 Å². The third-order valence-corrected chi connectivity index (χ3v) is 12.5. The van der Waals surface area contributed by atoms with Crippen LogP contribution in [0.2, 0.25) is 0 Å². The average molecular weight is 555 g/mol. The first kappa shape index (κ1) is 25.6. The molecule has 0 spiro atoms. The van der Waals surface area contributed by atoms with Gasteiger partial charge >= 0.3 is 16.4 Å². The summed E-state index contributed by atoms with van der Waals surface area (Å²) in [6.45, 7) is 0. The Kier molecular flexibility index (Phi) is 7.72. The lowest BCUT2D eigenvalue weighted by Crippen LogP contribution is -2.47. The largest absolute Gasteiger partial charge is 0.496 e. The van der Waals surface area contributed by atoms with Crippen LogP contribution in [0.1, 0.15) is 0 Å². The van der Waals surface area contributed by atoms with Crippen LogP contribution in [-0.2, 0) is 0 Å². The zero-order valence-corrected chi connectivity index (χ0v) is 22.3. The molecule has 13 heteroatoms. The van der Waals surface area contributed by atoms with Gasteiger partial charge in [0.25, 0.3) is 0 Å². The second kappa shape index (κ2) is 11.2. The van der Waals surface area contributed by atoms with Crippen LogP contribution >= 0.6 is 23.9 Å². The number of rotatable bonds is 8. The van der Waals surface area contributed by atoms with Crippen LogP contribution in [0.25, 0.3) is 0 Å². The highest BCUT2D eigenvalue weighted by molar-refractivity contribution is 7.86. The van der Waals surface area contributed by atoms with Gasteiger partial charge in [0.2, 0.25) is 7.51 Å². The van der Waals surface area contributed by atoms with Crippen molar-refractivity contribution in [1.82, 2.24) is 9.21 Å². The van der Waals surface area contributed by atoms with Crippen molar-refractivity contribution in [3.63, 3.8) is 0 Å². The molecule has 2 unspecified atom stereocenters. The third-order valence-electron chi connectivity index (χ3n) is 4.90. The van der Waals surface area contributed by atoms with Gasteiger partial charge in [-0.25, -0.2) is 0 Å². The monoisotopic (exact) mass is 555 g/mol. The van der Waals surface area contributed by atoms with Crippen molar-refractivity contribution >= 4 is 23.9 Å². The summed E-state index contributed by atoms with van der Waals surface area (Å²) in [7, 11) is -9.00. The summed E-state index contributed by atoms with van der Waals surface area (Å²) in [4.78, 5) is 12.5. The van der Waals surface area contributed by atoms with Gasteiger partial charge in [-0.1, -0.05) is 72.8 Å². The first-order valence-corrected chi connectivity index (χ1v) is 15.8. The van der Waals surface area contributed by atoms with Crippen LogP contribution < -0.4 is 35.2 Å². The minimum Gasteiger partial charge on any atom is -0.435 e. The Balaban J connectivity index is 1.64. The first-order valence-electron chi connectivity index (χ1n) is 11.2. The molecule has 6 N–H and O–H groups in total. The van der Waals surface area contributed by atoms with Crippen molar-refractivity contribution < 1.29 is 18.7 Å². The molecule has 4 aromatic carbocycles. The van der Waals surface area contributed by atoms with Crippen molar-refractivity contribution in [2.75, 3.05) is 0 Å². The minimum atomic E-state index is -3.62. The van der Waals surface area contributed by atoms with Gasteiger partial charge in [-0.3, -0.25) is 15.5 Å². The van der Waals surface area contributed by atoms with E-state index in [0.717, 1.165) is 0 Å². The molecule has 0 saturated heterocycles. The molecule has 190 valence electrons. The predicted molar refractivity (Wildman–Crippen MR) is 148 cm³/mol. The number of hydrogen-bond acceptors (Lipinski definition) is 10.